The minimum absolute atomic E-state index is 0.447. The van der Waals surface area contributed by atoms with Crippen molar-refractivity contribution in [2.75, 3.05) is 11.4 Å². The van der Waals surface area contributed by atoms with Gasteiger partial charge in [0.25, 0.3) is 6.01 Å². The van der Waals surface area contributed by atoms with Gasteiger partial charge in [-0.1, -0.05) is 13.8 Å². The molecule has 0 bridgehead atoms. The zero-order valence-electron chi connectivity index (χ0n) is 11.3. The van der Waals surface area contributed by atoms with Crippen molar-refractivity contribution in [3.63, 3.8) is 0 Å². The molecule has 0 spiro atoms. The van der Waals surface area contributed by atoms with Gasteiger partial charge in [-0.05, 0) is 0 Å². The number of nitrogens with one attached hydrogen (secondary N) is 1. The number of rotatable bonds is 4. The summed E-state index contributed by atoms with van der Waals surface area (Å²) in [7, 11) is 0. The zero-order valence-corrected chi connectivity index (χ0v) is 11.3. The molecule has 6 nitrogen and oxygen atoms in total. The second kappa shape index (κ2) is 5.05. The fourth-order valence-electron chi connectivity index (χ4n) is 2.17. The molecule has 3 rings (SSSR count). The summed E-state index contributed by atoms with van der Waals surface area (Å²) in [4.78, 5) is 11.0. The topological polar surface area (TPSA) is 59.1 Å². The van der Waals surface area contributed by atoms with E-state index in [2.05, 4.69) is 38.6 Å². The normalized spacial score (nSPS) is 15.0. The number of oxazole rings is 1. The lowest BCUT2D eigenvalue weighted by Gasteiger charge is -2.25. The highest BCUT2D eigenvalue weighted by Crippen LogP contribution is 2.19. The van der Waals surface area contributed by atoms with E-state index < -0.39 is 0 Å². The molecule has 1 N–H and O–H groups in total. The van der Waals surface area contributed by atoms with Crippen LogP contribution in [0.3, 0.4) is 0 Å². The Bertz CT molecular complexity index is 545. The number of hydrogen-bond acceptors (Lipinski definition) is 5. The molecule has 0 saturated carbocycles. The van der Waals surface area contributed by atoms with Crippen molar-refractivity contribution in [2.24, 2.45) is 0 Å². The van der Waals surface area contributed by atoms with Crippen LogP contribution in [-0.4, -0.2) is 27.1 Å². The van der Waals surface area contributed by atoms with E-state index in [4.69, 9.17) is 4.42 Å². The van der Waals surface area contributed by atoms with Gasteiger partial charge < -0.3 is 19.2 Å². The second-order valence-electron chi connectivity index (χ2n) is 5.12. The molecular formula is C13H19N5O. The lowest BCUT2D eigenvalue weighted by Crippen LogP contribution is -2.33. The lowest BCUT2D eigenvalue weighted by molar-refractivity contribution is 0.484. The average molecular weight is 261 g/mol. The molecular weight excluding hydrogens is 242 g/mol. The third-order valence-corrected chi connectivity index (χ3v) is 3.25. The Labute approximate surface area is 112 Å². The Morgan fingerprint density at radius 3 is 3.16 bits per heavy atom. The van der Waals surface area contributed by atoms with E-state index in [9.17, 15) is 0 Å². The molecule has 0 fully saturated rings. The molecule has 2 aromatic rings. The molecule has 2 aromatic heterocycles. The molecule has 19 heavy (non-hydrogen) atoms. The van der Waals surface area contributed by atoms with Gasteiger partial charge in [-0.15, -0.1) is 0 Å². The Balaban J connectivity index is 1.67. The van der Waals surface area contributed by atoms with E-state index in [1.807, 2.05) is 12.4 Å². The first-order chi connectivity index (χ1) is 9.22. The van der Waals surface area contributed by atoms with E-state index >= 15 is 0 Å². The summed E-state index contributed by atoms with van der Waals surface area (Å²) >= 11 is 0. The van der Waals surface area contributed by atoms with Crippen LogP contribution in [0.4, 0.5) is 6.01 Å². The molecule has 6 heteroatoms. The monoisotopic (exact) mass is 261 g/mol. The number of imidazole rings is 1. The van der Waals surface area contributed by atoms with E-state index in [0.717, 1.165) is 37.7 Å². The first kappa shape index (κ1) is 12.2. The van der Waals surface area contributed by atoms with Gasteiger partial charge in [-0.25, -0.2) is 4.98 Å². The Morgan fingerprint density at radius 1 is 1.42 bits per heavy atom. The minimum Gasteiger partial charge on any atom is -0.432 e. The summed E-state index contributed by atoms with van der Waals surface area (Å²) in [6.07, 6.45) is 5.58. The molecule has 102 valence electrons. The fourth-order valence-corrected chi connectivity index (χ4v) is 2.17. The average Bonchev–Trinajstić information content (AvgIpc) is 3.04. The van der Waals surface area contributed by atoms with Crippen molar-refractivity contribution >= 4 is 6.01 Å². The first-order valence-electron chi connectivity index (χ1n) is 6.65. The van der Waals surface area contributed by atoms with Crippen molar-refractivity contribution in [1.29, 1.82) is 0 Å². The standard InChI is InChI=1S/C13H19N5O/c1-10(2)15-7-11-9-19-13(16-11)18-6-5-17-4-3-14-12(17)8-18/h3-4,9-10,15H,5-8H2,1-2H3. The molecule has 1 aliphatic heterocycles. The van der Waals surface area contributed by atoms with Crippen molar-refractivity contribution in [3.05, 3.63) is 30.2 Å². The summed E-state index contributed by atoms with van der Waals surface area (Å²) in [6.45, 7) is 7.56. The number of anilines is 1. The lowest BCUT2D eigenvalue weighted by atomic mass is 10.3. The predicted octanol–water partition coefficient (Wildman–Crippen LogP) is 1.39. The smallest absolute Gasteiger partial charge is 0.297 e. The van der Waals surface area contributed by atoms with Crippen molar-refractivity contribution in [1.82, 2.24) is 19.9 Å². The predicted molar refractivity (Wildman–Crippen MR) is 71.8 cm³/mol. The van der Waals surface area contributed by atoms with Crippen LogP contribution in [-0.2, 0) is 19.6 Å². The Morgan fingerprint density at radius 2 is 2.32 bits per heavy atom. The third-order valence-electron chi connectivity index (χ3n) is 3.25. The van der Waals surface area contributed by atoms with E-state index in [0.29, 0.717) is 12.1 Å². The van der Waals surface area contributed by atoms with Crippen LogP contribution in [0, 0.1) is 0 Å². The molecule has 1 aliphatic rings. The van der Waals surface area contributed by atoms with E-state index in [1.165, 1.54) is 0 Å². The summed E-state index contributed by atoms with van der Waals surface area (Å²) in [5.41, 5.74) is 0.942. The second-order valence-corrected chi connectivity index (χ2v) is 5.12. The van der Waals surface area contributed by atoms with Gasteiger partial charge in [-0.2, -0.15) is 4.98 Å². The SMILES string of the molecule is CC(C)NCc1coc(N2CCn3ccnc3C2)n1. The molecule has 0 unspecified atom stereocenters. The van der Waals surface area contributed by atoms with Gasteiger partial charge in [0, 0.05) is 38.1 Å². The molecule has 0 radical (unpaired) electrons. The maximum absolute atomic E-state index is 5.57. The van der Waals surface area contributed by atoms with E-state index in [-0.39, 0.29) is 0 Å². The molecule has 0 amide bonds. The van der Waals surface area contributed by atoms with Gasteiger partial charge in [0.1, 0.15) is 12.1 Å². The maximum atomic E-state index is 5.57. The van der Waals surface area contributed by atoms with Crippen LogP contribution in [0.2, 0.25) is 0 Å². The van der Waals surface area contributed by atoms with Gasteiger partial charge >= 0.3 is 0 Å². The van der Waals surface area contributed by atoms with Crippen LogP contribution in [0.25, 0.3) is 0 Å². The van der Waals surface area contributed by atoms with Crippen molar-refractivity contribution in [3.8, 4) is 0 Å². The molecule has 0 saturated heterocycles. The maximum Gasteiger partial charge on any atom is 0.297 e. The number of nitrogens with zero attached hydrogens (tertiary/aromatic N) is 4. The molecule has 3 heterocycles. The molecule has 0 atom stereocenters. The third kappa shape index (κ3) is 2.63. The van der Waals surface area contributed by atoms with Crippen LogP contribution >= 0.6 is 0 Å². The van der Waals surface area contributed by atoms with Gasteiger partial charge in [0.2, 0.25) is 0 Å². The van der Waals surface area contributed by atoms with E-state index in [1.54, 1.807) is 6.26 Å². The highest BCUT2D eigenvalue weighted by Gasteiger charge is 2.20. The highest BCUT2D eigenvalue weighted by molar-refractivity contribution is 5.29. The Kier molecular flexibility index (Phi) is 3.25. The minimum atomic E-state index is 0.447. The van der Waals surface area contributed by atoms with Crippen LogP contribution in [0.1, 0.15) is 25.4 Å². The van der Waals surface area contributed by atoms with Gasteiger partial charge in [0.15, 0.2) is 0 Å². The zero-order chi connectivity index (χ0) is 13.2. The van der Waals surface area contributed by atoms with Crippen molar-refractivity contribution in [2.45, 2.75) is 39.5 Å². The Hall–Kier alpha value is -1.82. The summed E-state index contributed by atoms with van der Waals surface area (Å²) < 4.78 is 7.73. The first-order valence-corrected chi connectivity index (χ1v) is 6.65. The van der Waals surface area contributed by atoms with Crippen LogP contribution < -0.4 is 10.2 Å². The van der Waals surface area contributed by atoms with Crippen molar-refractivity contribution < 1.29 is 4.42 Å². The molecule has 0 aliphatic carbocycles. The number of fused-ring (bicyclic) bond motifs is 1. The fraction of sp³-hybridized carbons (Fsp3) is 0.538. The van der Waals surface area contributed by atoms with Gasteiger partial charge in [-0.3, -0.25) is 0 Å². The number of aromatic nitrogens is 3. The van der Waals surface area contributed by atoms with Gasteiger partial charge in [0.05, 0.1) is 12.2 Å². The largest absolute Gasteiger partial charge is 0.432 e. The summed E-state index contributed by atoms with van der Waals surface area (Å²) in [6, 6.07) is 1.14. The molecule has 0 aromatic carbocycles. The quantitative estimate of drug-likeness (QED) is 0.901. The summed E-state index contributed by atoms with van der Waals surface area (Å²) in [5, 5.41) is 3.33. The van der Waals surface area contributed by atoms with Crippen LogP contribution in [0.15, 0.2) is 23.1 Å². The highest BCUT2D eigenvalue weighted by atomic mass is 16.4. The summed E-state index contributed by atoms with van der Waals surface area (Å²) in [5.74, 6) is 1.06. The van der Waals surface area contributed by atoms with Crippen LogP contribution in [0.5, 0.6) is 0 Å². The number of hydrogen-bond donors (Lipinski definition) is 1.